The lowest BCUT2D eigenvalue weighted by molar-refractivity contribution is -0.131. The van der Waals surface area contributed by atoms with E-state index in [-0.39, 0.29) is 5.91 Å². The lowest BCUT2D eigenvalue weighted by atomic mass is 9.94. The minimum absolute atomic E-state index is 0.271. The molecule has 0 aliphatic heterocycles. The van der Waals surface area contributed by atoms with Crippen LogP contribution in [0, 0.1) is 11.3 Å². The Morgan fingerprint density at radius 1 is 1.27 bits per heavy atom. The Balaban J connectivity index is 1.79. The molecule has 0 unspecified atom stereocenters. The van der Waals surface area contributed by atoms with Crippen molar-refractivity contribution in [2.24, 2.45) is 0 Å². The molecule has 0 saturated heterocycles. The Morgan fingerprint density at radius 2 is 1.95 bits per heavy atom. The number of carbonyl (C=O) groups excluding carboxylic acids is 1. The molecule has 1 aliphatic carbocycles. The highest BCUT2D eigenvalue weighted by Crippen LogP contribution is 2.23. The van der Waals surface area contributed by atoms with Crippen molar-refractivity contribution in [3.63, 3.8) is 0 Å². The molecule has 0 N–H and O–H groups in total. The highest BCUT2D eigenvalue weighted by Gasteiger charge is 2.23. The van der Waals surface area contributed by atoms with E-state index in [4.69, 9.17) is 5.26 Å². The van der Waals surface area contributed by atoms with Gasteiger partial charge in [-0.2, -0.15) is 5.26 Å². The van der Waals surface area contributed by atoms with Crippen molar-refractivity contribution in [1.82, 2.24) is 4.90 Å². The van der Waals surface area contributed by atoms with Crippen molar-refractivity contribution >= 4 is 17.7 Å². The smallest absolute Gasteiger partial charge is 0.232 e. The first-order chi connectivity index (χ1) is 10.7. The van der Waals surface area contributed by atoms with Gasteiger partial charge in [-0.1, -0.05) is 31.4 Å². The molecule has 0 heterocycles. The van der Waals surface area contributed by atoms with Crippen LogP contribution in [0.15, 0.2) is 24.3 Å². The molecule has 0 aromatic heterocycles. The van der Waals surface area contributed by atoms with Crippen molar-refractivity contribution in [3.05, 3.63) is 35.4 Å². The standard InChI is InChI=1S/C18H24N2OS/c1-2-20(17-6-4-3-5-7-17)18(21)14-22-13-16-10-8-15(12-19)9-11-16/h8-11,17H,2-7,13-14H2,1H3. The fourth-order valence-electron chi connectivity index (χ4n) is 3.05. The van der Waals surface area contributed by atoms with Crippen LogP contribution in [-0.2, 0) is 10.5 Å². The molecule has 1 fully saturated rings. The Labute approximate surface area is 137 Å². The van der Waals surface area contributed by atoms with E-state index in [0.717, 1.165) is 17.9 Å². The van der Waals surface area contributed by atoms with E-state index < -0.39 is 0 Å². The normalized spacial score (nSPS) is 15.3. The maximum absolute atomic E-state index is 12.4. The summed E-state index contributed by atoms with van der Waals surface area (Å²) >= 11 is 1.66. The number of hydrogen-bond donors (Lipinski definition) is 0. The third-order valence-electron chi connectivity index (χ3n) is 4.25. The van der Waals surface area contributed by atoms with Crippen LogP contribution in [0.5, 0.6) is 0 Å². The van der Waals surface area contributed by atoms with Gasteiger partial charge in [0.25, 0.3) is 0 Å². The van der Waals surface area contributed by atoms with Crippen molar-refractivity contribution in [1.29, 1.82) is 5.26 Å². The van der Waals surface area contributed by atoms with Crippen LogP contribution in [-0.4, -0.2) is 29.1 Å². The first kappa shape index (κ1) is 16.9. The molecule has 1 saturated carbocycles. The predicted octanol–water partition coefficient (Wildman–Crippen LogP) is 3.97. The Morgan fingerprint density at radius 3 is 2.55 bits per heavy atom. The van der Waals surface area contributed by atoms with Gasteiger partial charge in [0.05, 0.1) is 17.4 Å². The number of nitrogens with zero attached hydrogens (tertiary/aromatic N) is 2. The summed E-state index contributed by atoms with van der Waals surface area (Å²) in [5.41, 5.74) is 1.84. The van der Waals surface area contributed by atoms with E-state index in [1.165, 1.54) is 32.1 Å². The largest absolute Gasteiger partial charge is 0.339 e. The molecule has 0 bridgehead atoms. The molecule has 118 valence electrons. The van der Waals surface area contributed by atoms with E-state index in [1.807, 2.05) is 24.3 Å². The maximum atomic E-state index is 12.4. The van der Waals surface area contributed by atoms with Crippen molar-refractivity contribution in [3.8, 4) is 6.07 Å². The summed E-state index contributed by atoms with van der Waals surface area (Å²) in [5, 5.41) is 8.78. The van der Waals surface area contributed by atoms with E-state index in [0.29, 0.717) is 17.4 Å². The van der Waals surface area contributed by atoms with E-state index >= 15 is 0 Å². The maximum Gasteiger partial charge on any atom is 0.232 e. The fourth-order valence-corrected chi connectivity index (χ4v) is 3.92. The number of benzene rings is 1. The highest BCUT2D eigenvalue weighted by atomic mass is 32.2. The van der Waals surface area contributed by atoms with Crippen molar-refractivity contribution < 1.29 is 4.79 Å². The number of rotatable bonds is 6. The number of nitriles is 1. The van der Waals surface area contributed by atoms with Gasteiger partial charge in [-0.3, -0.25) is 4.79 Å². The average Bonchev–Trinajstić information content (AvgIpc) is 2.57. The molecule has 0 radical (unpaired) electrons. The summed E-state index contributed by atoms with van der Waals surface area (Å²) in [6.07, 6.45) is 6.16. The highest BCUT2D eigenvalue weighted by molar-refractivity contribution is 7.99. The molecule has 3 nitrogen and oxygen atoms in total. The van der Waals surface area contributed by atoms with Gasteiger partial charge < -0.3 is 4.90 Å². The molecular formula is C18H24N2OS. The van der Waals surface area contributed by atoms with Gasteiger partial charge in [-0.25, -0.2) is 0 Å². The van der Waals surface area contributed by atoms with Crippen LogP contribution in [0.1, 0.15) is 50.2 Å². The SMILES string of the molecule is CCN(C(=O)CSCc1ccc(C#N)cc1)C1CCCCC1. The first-order valence-electron chi connectivity index (χ1n) is 8.11. The third-order valence-corrected chi connectivity index (χ3v) is 5.24. The molecule has 1 aliphatic rings. The number of thioether (sulfide) groups is 1. The predicted molar refractivity (Wildman–Crippen MR) is 91.6 cm³/mol. The quantitative estimate of drug-likeness (QED) is 0.797. The second-order valence-electron chi connectivity index (χ2n) is 5.77. The van der Waals surface area contributed by atoms with E-state index in [2.05, 4.69) is 17.9 Å². The lowest BCUT2D eigenvalue weighted by Gasteiger charge is -2.33. The van der Waals surface area contributed by atoms with Gasteiger partial charge >= 0.3 is 0 Å². The zero-order chi connectivity index (χ0) is 15.8. The average molecular weight is 316 g/mol. The van der Waals surface area contributed by atoms with Gasteiger partial charge in [0.2, 0.25) is 5.91 Å². The Bertz CT molecular complexity index is 515. The zero-order valence-electron chi connectivity index (χ0n) is 13.3. The van der Waals surface area contributed by atoms with Gasteiger partial charge in [0.15, 0.2) is 0 Å². The first-order valence-corrected chi connectivity index (χ1v) is 9.26. The van der Waals surface area contributed by atoms with Crippen LogP contribution in [0.3, 0.4) is 0 Å². The summed E-state index contributed by atoms with van der Waals surface area (Å²) in [6.45, 7) is 2.90. The van der Waals surface area contributed by atoms with Crippen LogP contribution >= 0.6 is 11.8 Å². The summed E-state index contributed by atoms with van der Waals surface area (Å²) in [7, 11) is 0. The second kappa shape index (κ2) is 8.85. The van der Waals surface area contributed by atoms with E-state index in [1.54, 1.807) is 11.8 Å². The zero-order valence-corrected chi connectivity index (χ0v) is 14.1. The molecule has 22 heavy (non-hydrogen) atoms. The van der Waals surface area contributed by atoms with Gasteiger partial charge in [0.1, 0.15) is 0 Å². The molecule has 1 aromatic carbocycles. The summed E-state index contributed by atoms with van der Waals surface area (Å²) in [6, 6.07) is 10.2. The van der Waals surface area contributed by atoms with Crippen LogP contribution < -0.4 is 0 Å². The van der Waals surface area contributed by atoms with Gasteiger partial charge in [-0.15, -0.1) is 11.8 Å². The van der Waals surface area contributed by atoms with Gasteiger partial charge in [-0.05, 0) is 37.5 Å². The van der Waals surface area contributed by atoms with Crippen molar-refractivity contribution in [2.75, 3.05) is 12.3 Å². The van der Waals surface area contributed by atoms with Crippen molar-refractivity contribution in [2.45, 2.75) is 50.8 Å². The summed E-state index contributed by atoms with van der Waals surface area (Å²) < 4.78 is 0. The molecule has 1 aromatic rings. The lowest BCUT2D eigenvalue weighted by Crippen LogP contribution is -2.42. The monoisotopic (exact) mass is 316 g/mol. The molecule has 4 heteroatoms. The molecule has 1 amide bonds. The Kier molecular flexibility index (Phi) is 6.79. The molecule has 0 atom stereocenters. The molecule has 2 rings (SSSR count). The van der Waals surface area contributed by atoms with Crippen LogP contribution in [0.2, 0.25) is 0 Å². The number of carbonyl (C=O) groups is 1. The summed E-state index contributed by atoms with van der Waals surface area (Å²) in [4.78, 5) is 14.5. The molecule has 0 spiro atoms. The van der Waals surface area contributed by atoms with Crippen LogP contribution in [0.4, 0.5) is 0 Å². The van der Waals surface area contributed by atoms with Crippen LogP contribution in [0.25, 0.3) is 0 Å². The number of hydrogen-bond acceptors (Lipinski definition) is 3. The van der Waals surface area contributed by atoms with E-state index in [9.17, 15) is 4.79 Å². The number of amides is 1. The third kappa shape index (κ3) is 4.78. The minimum Gasteiger partial charge on any atom is -0.339 e. The Hall–Kier alpha value is -1.47. The van der Waals surface area contributed by atoms with Gasteiger partial charge in [0, 0.05) is 18.3 Å². The molecular weight excluding hydrogens is 292 g/mol. The topological polar surface area (TPSA) is 44.1 Å². The summed E-state index contributed by atoms with van der Waals surface area (Å²) in [5.74, 6) is 1.64. The minimum atomic E-state index is 0.271. The fraction of sp³-hybridized carbons (Fsp3) is 0.556. The second-order valence-corrected chi connectivity index (χ2v) is 6.76.